The first-order valence-electron chi connectivity index (χ1n) is 5.50. The topological polar surface area (TPSA) is 107 Å². The molecule has 6 nitrogen and oxygen atoms in total. The van der Waals surface area contributed by atoms with Crippen LogP contribution in [-0.4, -0.2) is 37.6 Å². The molecule has 0 bridgehead atoms. The second kappa shape index (κ2) is 6.44. The van der Waals surface area contributed by atoms with Crippen LogP contribution in [0.15, 0.2) is 0 Å². The molecule has 0 spiro atoms. The molecule has 1 rings (SSSR count). The van der Waals surface area contributed by atoms with Crippen LogP contribution >= 0.6 is 0 Å². The second-order valence-electron chi connectivity index (χ2n) is 4.02. The Morgan fingerprint density at radius 3 is 2.62 bits per heavy atom. The van der Waals surface area contributed by atoms with Crippen molar-refractivity contribution in [1.29, 1.82) is 0 Å². The van der Waals surface area contributed by atoms with Gasteiger partial charge in [0.15, 0.2) is 0 Å². The molecule has 0 aromatic carbocycles. The fourth-order valence-corrected chi connectivity index (χ4v) is 1.61. The number of unbranched alkanes of at least 4 members (excludes halogenated alkanes) is 1. The second-order valence-corrected chi connectivity index (χ2v) is 4.02. The summed E-state index contributed by atoms with van der Waals surface area (Å²) >= 11 is 0. The molecule has 1 heterocycles. The van der Waals surface area contributed by atoms with E-state index in [0.29, 0.717) is 32.6 Å². The lowest BCUT2D eigenvalue weighted by molar-refractivity contribution is -0.125. The van der Waals surface area contributed by atoms with Gasteiger partial charge in [-0.2, -0.15) is 0 Å². The predicted octanol–water partition coefficient (Wildman–Crippen LogP) is -1.27. The number of nitrogens with two attached hydrogens (primary N) is 2. The maximum atomic E-state index is 11.6. The fraction of sp³-hybridized carbons (Fsp3) is 0.800. The first kappa shape index (κ1) is 12.9. The molecule has 0 aromatic rings. The Labute approximate surface area is 94.7 Å². The Morgan fingerprint density at radius 1 is 1.31 bits per heavy atom. The number of carbonyl (C=O) groups is 2. The Balaban J connectivity index is 2.08. The van der Waals surface area contributed by atoms with E-state index in [1.165, 1.54) is 0 Å². The molecule has 0 radical (unpaired) electrons. The van der Waals surface area contributed by atoms with Crippen molar-refractivity contribution in [2.75, 3.05) is 19.8 Å². The van der Waals surface area contributed by atoms with Gasteiger partial charge in [0.2, 0.25) is 11.8 Å². The van der Waals surface area contributed by atoms with Gasteiger partial charge in [-0.1, -0.05) is 0 Å². The molecule has 92 valence electrons. The minimum Gasteiger partial charge on any atom is -0.379 e. The summed E-state index contributed by atoms with van der Waals surface area (Å²) in [6.07, 6.45) is 1.81. The number of nitrogens with one attached hydrogen (secondary N) is 1. The molecule has 1 aliphatic heterocycles. The molecule has 16 heavy (non-hydrogen) atoms. The van der Waals surface area contributed by atoms with E-state index in [9.17, 15) is 9.59 Å². The highest BCUT2D eigenvalue weighted by Gasteiger charge is 2.30. The monoisotopic (exact) mass is 229 g/mol. The minimum absolute atomic E-state index is 0.0657. The van der Waals surface area contributed by atoms with Gasteiger partial charge in [-0.15, -0.1) is 0 Å². The van der Waals surface area contributed by atoms with Gasteiger partial charge in [0.25, 0.3) is 0 Å². The third kappa shape index (κ3) is 4.16. The smallest absolute Gasteiger partial charge is 0.227 e. The molecule has 1 saturated heterocycles. The van der Waals surface area contributed by atoms with E-state index >= 15 is 0 Å². The zero-order chi connectivity index (χ0) is 12.0. The molecular weight excluding hydrogens is 210 g/mol. The molecule has 1 aliphatic rings. The van der Waals surface area contributed by atoms with Crippen LogP contribution in [0.25, 0.3) is 0 Å². The summed E-state index contributed by atoms with van der Waals surface area (Å²) in [4.78, 5) is 22.0. The zero-order valence-corrected chi connectivity index (χ0v) is 9.28. The average Bonchev–Trinajstić information content (AvgIpc) is 2.63. The van der Waals surface area contributed by atoms with E-state index in [-0.39, 0.29) is 23.8 Å². The number of hydrogen-bond donors (Lipinski definition) is 3. The van der Waals surface area contributed by atoms with Crippen LogP contribution in [-0.2, 0) is 14.3 Å². The lowest BCUT2D eigenvalue weighted by Crippen LogP contribution is -2.41. The van der Waals surface area contributed by atoms with Crippen LogP contribution in [0.1, 0.15) is 19.3 Å². The number of rotatable bonds is 6. The molecule has 0 saturated carbocycles. The van der Waals surface area contributed by atoms with E-state index in [1.807, 2.05) is 0 Å². The molecule has 2 unspecified atom stereocenters. The summed E-state index contributed by atoms with van der Waals surface area (Å²) in [5, 5.41) is 2.78. The number of primary amides is 1. The molecule has 6 heteroatoms. The first-order valence-corrected chi connectivity index (χ1v) is 5.50. The van der Waals surface area contributed by atoms with Crippen molar-refractivity contribution >= 4 is 11.8 Å². The van der Waals surface area contributed by atoms with Crippen LogP contribution in [0.5, 0.6) is 0 Å². The van der Waals surface area contributed by atoms with Gasteiger partial charge in [0.1, 0.15) is 0 Å². The van der Waals surface area contributed by atoms with Crippen molar-refractivity contribution in [2.45, 2.75) is 25.3 Å². The van der Waals surface area contributed by atoms with Crippen LogP contribution in [0.4, 0.5) is 0 Å². The Hall–Kier alpha value is -1.14. The molecule has 1 fully saturated rings. The van der Waals surface area contributed by atoms with Crippen LogP contribution in [0.3, 0.4) is 0 Å². The zero-order valence-electron chi connectivity index (χ0n) is 9.28. The maximum absolute atomic E-state index is 11.6. The van der Waals surface area contributed by atoms with Gasteiger partial charge in [0.05, 0.1) is 19.1 Å². The van der Waals surface area contributed by atoms with Crippen LogP contribution in [0.2, 0.25) is 0 Å². The predicted molar refractivity (Wildman–Crippen MR) is 58.3 cm³/mol. The van der Waals surface area contributed by atoms with Gasteiger partial charge in [-0.25, -0.2) is 0 Å². The van der Waals surface area contributed by atoms with Gasteiger partial charge < -0.3 is 21.5 Å². The Bertz CT molecular complexity index is 258. The summed E-state index contributed by atoms with van der Waals surface area (Å²) in [6.45, 7) is 1.39. The number of amides is 2. The van der Waals surface area contributed by atoms with Gasteiger partial charge in [-0.05, 0) is 12.8 Å². The van der Waals surface area contributed by atoms with Crippen molar-refractivity contribution in [3.63, 3.8) is 0 Å². The molecule has 2 amide bonds. The summed E-state index contributed by atoms with van der Waals surface area (Å²) in [5.74, 6) is -0.613. The maximum Gasteiger partial charge on any atom is 0.227 e. The standard InChI is InChI=1S/C10H19N3O3/c11-8-6-16-5-7(8)10(15)13-4-2-1-3-9(12)14/h7-8H,1-6,11H2,(H2,12,14)(H,13,15). The van der Waals surface area contributed by atoms with Gasteiger partial charge >= 0.3 is 0 Å². The highest BCUT2D eigenvalue weighted by Crippen LogP contribution is 2.11. The largest absolute Gasteiger partial charge is 0.379 e. The van der Waals surface area contributed by atoms with Crippen molar-refractivity contribution in [2.24, 2.45) is 17.4 Å². The molecular formula is C10H19N3O3. The first-order chi connectivity index (χ1) is 7.61. The van der Waals surface area contributed by atoms with Crippen LogP contribution in [0, 0.1) is 5.92 Å². The lowest BCUT2D eigenvalue weighted by Gasteiger charge is -2.12. The van der Waals surface area contributed by atoms with Gasteiger partial charge in [-0.3, -0.25) is 9.59 Å². The van der Waals surface area contributed by atoms with E-state index in [2.05, 4.69) is 5.32 Å². The third-order valence-corrected chi connectivity index (χ3v) is 2.61. The molecule has 2 atom stereocenters. The van der Waals surface area contributed by atoms with Crippen molar-refractivity contribution in [3.8, 4) is 0 Å². The quantitative estimate of drug-likeness (QED) is 0.494. The summed E-state index contributed by atoms with van der Waals surface area (Å²) in [7, 11) is 0. The van der Waals surface area contributed by atoms with Gasteiger partial charge in [0, 0.05) is 19.0 Å². The number of hydrogen-bond acceptors (Lipinski definition) is 4. The normalized spacial score (nSPS) is 24.3. The fourth-order valence-electron chi connectivity index (χ4n) is 1.61. The summed E-state index contributed by atoms with van der Waals surface area (Å²) in [6, 6.07) is -0.203. The van der Waals surface area contributed by atoms with Crippen molar-refractivity contribution < 1.29 is 14.3 Å². The van der Waals surface area contributed by atoms with E-state index in [4.69, 9.17) is 16.2 Å². The molecule has 0 aliphatic carbocycles. The third-order valence-electron chi connectivity index (χ3n) is 2.61. The SMILES string of the molecule is NC(=O)CCCCNC(=O)C1COCC1N. The van der Waals surface area contributed by atoms with E-state index < -0.39 is 0 Å². The van der Waals surface area contributed by atoms with Crippen molar-refractivity contribution in [1.82, 2.24) is 5.32 Å². The highest BCUT2D eigenvalue weighted by molar-refractivity contribution is 5.79. The van der Waals surface area contributed by atoms with E-state index in [0.717, 1.165) is 6.42 Å². The Kier molecular flexibility index (Phi) is 5.21. The Morgan fingerprint density at radius 2 is 2.06 bits per heavy atom. The molecule has 0 aromatic heterocycles. The average molecular weight is 229 g/mol. The van der Waals surface area contributed by atoms with Crippen LogP contribution < -0.4 is 16.8 Å². The molecule has 5 N–H and O–H groups in total. The van der Waals surface area contributed by atoms with E-state index in [1.54, 1.807) is 0 Å². The lowest BCUT2D eigenvalue weighted by atomic mass is 10.0. The highest BCUT2D eigenvalue weighted by atomic mass is 16.5. The number of ether oxygens (including phenoxy) is 1. The minimum atomic E-state index is -0.308. The van der Waals surface area contributed by atoms with Crippen molar-refractivity contribution in [3.05, 3.63) is 0 Å². The summed E-state index contributed by atoms with van der Waals surface area (Å²) < 4.78 is 5.10. The summed E-state index contributed by atoms with van der Waals surface area (Å²) in [5.41, 5.74) is 10.7. The number of carbonyl (C=O) groups excluding carboxylic acids is 2.